The normalized spacial score (nSPS) is 9.86. The maximum atomic E-state index is 12.5. The zero-order valence-corrected chi connectivity index (χ0v) is 12.9. The third kappa shape index (κ3) is 4.15. The summed E-state index contributed by atoms with van der Waals surface area (Å²) in [6.45, 7) is 2.76. The average Bonchev–Trinajstić information content (AvgIpc) is 2.96. The Kier molecular flexibility index (Phi) is 5.09. The van der Waals surface area contributed by atoms with Crippen LogP contribution >= 0.6 is 11.3 Å². The van der Waals surface area contributed by atoms with E-state index >= 15 is 0 Å². The second-order valence-electron chi connectivity index (χ2n) is 4.73. The van der Waals surface area contributed by atoms with Crippen molar-refractivity contribution in [2.75, 3.05) is 13.6 Å². The lowest BCUT2D eigenvalue weighted by molar-refractivity contribution is 0.0783. The molecule has 0 aliphatic carbocycles. The lowest BCUT2D eigenvalue weighted by Crippen LogP contribution is -2.26. The first kappa shape index (κ1) is 15.2. The molecule has 2 rings (SSSR count). The van der Waals surface area contributed by atoms with Crippen LogP contribution in [0.15, 0.2) is 29.1 Å². The minimum Gasteiger partial charge on any atom is -0.336 e. The Morgan fingerprint density at radius 3 is 2.90 bits per heavy atom. The van der Waals surface area contributed by atoms with Gasteiger partial charge in [0.2, 0.25) is 0 Å². The van der Waals surface area contributed by atoms with Gasteiger partial charge < -0.3 is 10.6 Å². The van der Waals surface area contributed by atoms with E-state index in [2.05, 4.69) is 16.8 Å². The highest BCUT2D eigenvalue weighted by molar-refractivity contribution is 7.07. The quantitative estimate of drug-likeness (QED) is 0.882. The van der Waals surface area contributed by atoms with E-state index < -0.39 is 0 Å². The molecule has 0 saturated carbocycles. The van der Waals surface area contributed by atoms with Crippen molar-refractivity contribution in [1.29, 1.82) is 0 Å². The SMILES string of the molecule is Cc1cc(C#CCN)cc(C(=O)N(C)Cc2cscn2)c1. The third-order valence-corrected chi connectivity index (χ3v) is 3.52. The summed E-state index contributed by atoms with van der Waals surface area (Å²) in [5.41, 5.74) is 10.5. The first-order valence-corrected chi connectivity index (χ1v) is 7.47. The number of carbonyl (C=O) groups is 1. The van der Waals surface area contributed by atoms with E-state index in [4.69, 9.17) is 5.73 Å². The van der Waals surface area contributed by atoms with Crippen LogP contribution < -0.4 is 5.73 Å². The number of nitrogens with two attached hydrogens (primary N) is 1. The Labute approximate surface area is 128 Å². The fourth-order valence-corrected chi connectivity index (χ4v) is 2.53. The average molecular weight is 299 g/mol. The molecule has 0 aliphatic rings. The van der Waals surface area contributed by atoms with Gasteiger partial charge in [-0.25, -0.2) is 4.98 Å². The Hall–Kier alpha value is -2.16. The molecule has 0 spiro atoms. The number of aromatic nitrogens is 1. The maximum Gasteiger partial charge on any atom is 0.254 e. The number of nitrogens with zero attached hydrogens (tertiary/aromatic N) is 2. The zero-order valence-electron chi connectivity index (χ0n) is 12.1. The largest absolute Gasteiger partial charge is 0.336 e. The second-order valence-corrected chi connectivity index (χ2v) is 5.45. The molecule has 1 aromatic carbocycles. The van der Waals surface area contributed by atoms with E-state index in [0.717, 1.165) is 16.8 Å². The van der Waals surface area contributed by atoms with Crippen LogP contribution in [-0.4, -0.2) is 29.4 Å². The van der Waals surface area contributed by atoms with Crippen molar-refractivity contribution in [3.63, 3.8) is 0 Å². The summed E-state index contributed by atoms with van der Waals surface area (Å²) >= 11 is 1.52. The molecule has 0 bridgehead atoms. The fraction of sp³-hybridized carbons (Fsp3) is 0.250. The number of rotatable bonds is 3. The van der Waals surface area contributed by atoms with E-state index in [0.29, 0.717) is 18.7 Å². The van der Waals surface area contributed by atoms with E-state index in [1.807, 2.05) is 24.4 Å². The van der Waals surface area contributed by atoms with E-state index in [-0.39, 0.29) is 5.91 Å². The summed E-state index contributed by atoms with van der Waals surface area (Å²) < 4.78 is 0. The van der Waals surface area contributed by atoms with Crippen molar-refractivity contribution in [2.45, 2.75) is 13.5 Å². The Morgan fingerprint density at radius 1 is 1.43 bits per heavy atom. The van der Waals surface area contributed by atoms with Crippen molar-refractivity contribution in [1.82, 2.24) is 9.88 Å². The number of thiazole rings is 1. The van der Waals surface area contributed by atoms with E-state index in [1.165, 1.54) is 11.3 Å². The molecular formula is C16H17N3OS. The number of benzene rings is 1. The Bertz CT molecular complexity index is 683. The molecule has 4 nitrogen and oxygen atoms in total. The Morgan fingerprint density at radius 2 is 2.24 bits per heavy atom. The van der Waals surface area contributed by atoms with Gasteiger partial charge in [0.05, 0.1) is 24.3 Å². The molecule has 1 amide bonds. The third-order valence-electron chi connectivity index (χ3n) is 2.89. The number of aryl methyl sites for hydroxylation is 1. The summed E-state index contributed by atoms with van der Waals surface area (Å²) in [5.74, 6) is 5.74. The van der Waals surface area contributed by atoms with E-state index in [1.54, 1.807) is 23.5 Å². The second kappa shape index (κ2) is 7.02. The van der Waals surface area contributed by atoms with Gasteiger partial charge in [0.1, 0.15) is 0 Å². The maximum absolute atomic E-state index is 12.5. The molecule has 0 fully saturated rings. The lowest BCUT2D eigenvalue weighted by Gasteiger charge is -2.16. The minimum absolute atomic E-state index is 0.0394. The molecule has 0 radical (unpaired) electrons. The highest BCUT2D eigenvalue weighted by atomic mass is 32.1. The van der Waals surface area contributed by atoms with Crippen LogP contribution in [-0.2, 0) is 6.54 Å². The molecule has 0 atom stereocenters. The van der Waals surface area contributed by atoms with Gasteiger partial charge in [-0.1, -0.05) is 11.8 Å². The van der Waals surface area contributed by atoms with Crippen molar-refractivity contribution >= 4 is 17.2 Å². The van der Waals surface area contributed by atoms with Crippen LogP contribution in [0.25, 0.3) is 0 Å². The van der Waals surface area contributed by atoms with Crippen LogP contribution in [0.5, 0.6) is 0 Å². The van der Waals surface area contributed by atoms with Gasteiger partial charge in [0.15, 0.2) is 0 Å². The van der Waals surface area contributed by atoms with Gasteiger partial charge in [-0.2, -0.15) is 0 Å². The summed E-state index contributed by atoms with van der Waals surface area (Å²) in [6.07, 6.45) is 0. The summed E-state index contributed by atoms with van der Waals surface area (Å²) in [5, 5.41) is 1.94. The molecule has 1 heterocycles. The van der Waals surface area contributed by atoms with Crippen LogP contribution in [0, 0.1) is 18.8 Å². The van der Waals surface area contributed by atoms with Crippen LogP contribution in [0.4, 0.5) is 0 Å². The number of carbonyl (C=O) groups excluding carboxylic acids is 1. The van der Waals surface area contributed by atoms with Gasteiger partial charge in [-0.15, -0.1) is 11.3 Å². The monoisotopic (exact) mass is 299 g/mol. The zero-order chi connectivity index (χ0) is 15.2. The molecule has 0 saturated heterocycles. The van der Waals surface area contributed by atoms with Gasteiger partial charge in [-0.3, -0.25) is 4.79 Å². The van der Waals surface area contributed by atoms with Crippen LogP contribution in [0.1, 0.15) is 27.2 Å². The number of hydrogen-bond donors (Lipinski definition) is 1. The predicted octanol–water partition coefficient (Wildman–Crippen LogP) is 2.03. The molecule has 0 unspecified atom stereocenters. The molecular weight excluding hydrogens is 282 g/mol. The van der Waals surface area contributed by atoms with Crippen LogP contribution in [0.2, 0.25) is 0 Å². The number of hydrogen-bond acceptors (Lipinski definition) is 4. The van der Waals surface area contributed by atoms with Crippen LogP contribution in [0.3, 0.4) is 0 Å². The first-order chi connectivity index (χ1) is 10.1. The summed E-state index contributed by atoms with van der Waals surface area (Å²) in [7, 11) is 1.77. The van der Waals surface area contributed by atoms with Gasteiger partial charge >= 0.3 is 0 Å². The smallest absolute Gasteiger partial charge is 0.254 e. The van der Waals surface area contributed by atoms with E-state index in [9.17, 15) is 4.79 Å². The highest BCUT2D eigenvalue weighted by Crippen LogP contribution is 2.13. The van der Waals surface area contributed by atoms with Gasteiger partial charge in [0.25, 0.3) is 5.91 Å². The standard InChI is InChI=1S/C16H17N3OS/c1-12-6-13(4-3-5-17)8-14(7-12)16(20)19(2)9-15-10-21-11-18-15/h6-8,10-11H,5,9,17H2,1-2H3. The predicted molar refractivity (Wildman–Crippen MR) is 85.0 cm³/mol. The van der Waals surface area contributed by atoms with Gasteiger partial charge in [0, 0.05) is 23.6 Å². The summed E-state index contributed by atoms with van der Waals surface area (Å²) in [6, 6.07) is 5.61. The Balaban J connectivity index is 2.20. The minimum atomic E-state index is -0.0394. The van der Waals surface area contributed by atoms with Crippen molar-refractivity contribution in [3.8, 4) is 11.8 Å². The molecule has 0 aliphatic heterocycles. The van der Waals surface area contributed by atoms with Crippen molar-refractivity contribution < 1.29 is 4.79 Å². The summed E-state index contributed by atoms with van der Waals surface area (Å²) in [4.78, 5) is 18.3. The molecule has 21 heavy (non-hydrogen) atoms. The highest BCUT2D eigenvalue weighted by Gasteiger charge is 2.13. The molecule has 1 aromatic heterocycles. The molecule has 5 heteroatoms. The molecule has 108 valence electrons. The fourth-order valence-electron chi connectivity index (χ4n) is 1.98. The molecule has 2 aromatic rings. The first-order valence-electron chi connectivity index (χ1n) is 6.53. The van der Waals surface area contributed by atoms with Crippen molar-refractivity contribution in [3.05, 3.63) is 51.5 Å². The van der Waals surface area contributed by atoms with Crippen molar-refractivity contribution in [2.24, 2.45) is 5.73 Å². The lowest BCUT2D eigenvalue weighted by atomic mass is 10.1. The number of amides is 1. The molecule has 2 N–H and O–H groups in total. The van der Waals surface area contributed by atoms with Gasteiger partial charge in [-0.05, 0) is 30.7 Å². The topological polar surface area (TPSA) is 59.2 Å².